The number of anilines is 1. The second-order valence-electron chi connectivity index (χ2n) is 5.11. The standard InChI is InChI=1S/C16H10F3N5O2/c17-16(18,19)14(25)10-1-3-12(4-2-10)24-9-13(22-23-24)21-15(26)11-5-7-20-8-6-11/h1-9H,(H,21,26). The van der Waals surface area contributed by atoms with Gasteiger partial charge in [0.25, 0.3) is 11.7 Å². The van der Waals surface area contributed by atoms with Crippen molar-refractivity contribution >= 4 is 17.5 Å². The van der Waals surface area contributed by atoms with Gasteiger partial charge in [0, 0.05) is 23.5 Å². The van der Waals surface area contributed by atoms with Crippen molar-refractivity contribution in [3.8, 4) is 5.69 Å². The van der Waals surface area contributed by atoms with Crippen molar-refractivity contribution < 1.29 is 22.8 Å². The second-order valence-corrected chi connectivity index (χ2v) is 5.11. The van der Waals surface area contributed by atoms with E-state index in [1.165, 1.54) is 47.5 Å². The van der Waals surface area contributed by atoms with Crippen molar-refractivity contribution in [2.45, 2.75) is 6.18 Å². The lowest BCUT2D eigenvalue weighted by Gasteiger charge is -2.06. The van der Waals surface area contributed by atoms with E-state index in [1.807, 2.05) is 0 Å². The maximum atomic E-state index is 12.4. The number of alkyl halides is 3. The van der Waals surface area contributed by atoms with Crippen LogP contribution < -0.4 is 5.32 Å². The Morgan fingerprint density at radius 2 is 1.62 bits per heavy atom. The Morgan fingerprint density at radius 1 is 0.962 bits per heavy atom. The Balaban J connectivity index is 1.74. The van der Waals surface area contributed by atoms with Gasteiger partial charge in [-0.3, -0.25) is 14.6 Å². The zero-order valence-electron chi connectivity index (χ0n) is 12.9. The van der Waals surface area contributed by atoms with Crippen molar-refractivity contribution in [1.82, 2.24) is 20.0 Å². The number of rotatable bonds is 4. The third-order valence-electron chi connectivity index (χ3n) is 3.33. The number of pyridine rings is 1. The lowest BCUT2D eigenvalue weighted by atomic mass is 10.1. The summed E-state index contributed by atoms with van der Waals surface area (Å²) in [5, 5.41) is 10.1. The number of nitrogens with zero attached hydrogens (tertiary/aromatic N) is 4. The fraction of sp³-hybridized carbons (Fsp3) is 0.0625. The minimum absolute atomic E-state index is 0.155. The van der Waals surface area contributed by atoms with Crippen LogP contribution >= 0.6 is 0 Å². The maximum absolute atomic E-state index is 12.4. The molecule has 0 saturated heterocycles. The van der Waals surface area contributed by atoms with E-state index in [0.29, 0.717) is 11.3 Å². The summed E-state index contributed by atoms with van der Waals surface area (Å²) in [6.45, 7) is 0. The predicted octanol–water partition coefficient (Wildman–Crippen LogP) is 2.66. The van der Waals surface area contributed by atoms with Crippen LogP contribution in [0.1, 0.15) is 20.7 Å². The van der Waals surface area contributed by atoms with Gasteiger partial charge in [0.2, 0.25) is 0 Å². The van der Waals surface area contributed by atoms with Crippen molar-refractivity contribution in [2.24, 2.45) is 0 Å². The molecule has 0 saturated carbocycles. The molecule has 0 atom stereocenters. The predicted molar refractivity (Wildman–Crippen MR) is 83.9 cm³/mol. The maximum Gasteiger partial charge on any atom is 0.454 e. The lowest BCUT2D eigenvalue weighted by Crippen LogP contribution is -2.22. The zero-order valence-corrected chi connectivity index (χ0v) is 12.9. The molecule has 0 aliphatic rings. The molecule has 0 aliphatic carbocycles. The molecule has 0 fully saturated rings. The van der Waals surface area contributed by atoms with E-state index < -0.39 is 23.4 Å². The first-order chi connectivity index (χ1) is 12.3. The topological polar surface area (TPSA) is 89.8 Å². The molecule has 3 rings (SSSR count). The number of Topliss-reactive ketones (excluding diaryl/α,β-unsaturated/α-hetero) is 1. The molecule has 26 heavy (non-hydrogen) atoms. The average molecular weight is 361 g/mol. The molecule has 0 spiro atoms. The van der Waals surface area contributed by atoms with Gasteiger partial charge in [0.1, 0.15) is 0 Å². The average Bonchev–Trinajstić information content (AvgIpc) is 3.09. The number of hydrogen-bond donors (Lipinski definition) is 1. The monoisotopic (exact) mass is 361 g/mol. The molecule has 0 radical (unpaired) electrons. The van der Waals surface area contributed by atoms with Gasteiger partial charge in [0.15, 0.2) is 5.82 Å². The molecule has 2 aromatic heterocycles. The summed E-state index contributed by atoms with van der Waals surface area (Å²) in [6.07, 6.45) is -0.607. The van der Waals surface area contributed by atoms with Crippen LogP contribution in [0.2, 0.25) is 0 Å². The van der Waals surface area contributed by atoms with E-state index in [-0.39, 0.29) is 5.82 Å². The Bertz CT molecular complexity index is 937. The van der Waals surface area contributed by atoms with Gasteiger partial charge in [-0.2, -0.15) is 13.2 Å². The molecule has 0 aliphatic heterocycles. The van der Waals surface area contributed by atoms with Crippen LogP contribution in [0.5, 0.6) is 0 Å². The SMILES string of the molecule is O=C(Nc1cn(-c2ccc(C(=O)C(F)(F)F)cc2)nn1)c1ccncc1. The highest BCUT2D eigenvalue weighted by molar-refractivity contribution is 6.03. The highest BCUT2D eigenvalue weighted by atomic mass is 19.4. The Hall–Kier alpha value is -3.56. The smallest absolute Gasteiger partial charge is 0.304 e. The fourth-order valence-corrected chi connectivity index (χ4v) is 2.07. The Morgan fingerprint density at radius 3 is 2.23 bits per heavy atom. The van der Waals surface area contributed by atoms with Gasteiger partial charge in [0.05, 0.1) is 11.9 Å². The molecule has 1 aromatic carbocycles. The third kappa shape index (κ3) is 3.74. The number of aromatic nitrogens is 4. The number of benzene rings is 1. The Labute approximate surface area is 144 Å². The number of nitrogens with one attached hydrogen (secondary N) is 1. The summed E-state index contributed by atoms with van der Waals surface area (Å²) in [4.78, 5) is 27.0. The van der Waals surface area contributed by atoms with Crippen LogP contribution in [0.25, 0.3) is 5.69 Å². The summed E-state index contributed by atoms with van der Waals surface area (Å²) in [6, 6.07) is 7.72. The lowest BCUT2D eigenvalue weighted by molar-refractivity contribution is -0.0885. The Kier molecular flexibility index (Phi) is 4.48. The van der Waals surface area contributed by atoms with Gasteiger partial charge >= 0.3 is 6.18 Å². The van der Waals surface area contributed by atoms with Gasteiger partial charge in [-0.25, -0.2) is 4.68 Å². The van der Waals surface area contributed by atoms with E-state index in [9.17, 15) is 22.8 Å². The minimum Gasteiger partial charge on any atom is -0.304 e. The van der Waals surface area contributed by atoms with Gasteiger partial charge in [-0.15, -0.1) is 5.10 Å². The second kappa shape index (κ2) is 6.75. The van der Waals surface area contributed by atoms with Crippen molar-refractivity contribution in [3.63, 3.8) is 0 Å². The molecular weight excluding hydrogens is 351 g/mol. The summed E-state index contributed by atoms with van der Waals surface area (Å²) in [5.41, 5.74) is 0.276. The van der Waals surface area contributed by atoms with Gasteiger partial charge in [-0.05, 0) is 36.4 Å². The normalized spacial score (nSPS) is 11.2. The summed E-state index contributed by atoms with van der Waals surface area (Å²) in [7, 11) is 0. The molecule has 1 N–H and O–H groups in total. The van der Waals surface area contributed by atoms with Crippen LogP contribution in [-0.4, -0.2) is 37.8 Å². The minimum atomic E-state index is -4.93. The summed E-state index contributed by atoms with van der Waals surface area (Å²) in [5.74, 6) is -2.18. The zero-order chi connectivity index (χ0) is 18.7. The highest BCUT2D eigenvalue weighted by Crippen LogP contribution is 2.22. The molecule has 10 heteroatoms. The molecule has 0 bridgehead atoms. The van der Waals surface area contributed by atoms with Gasteiger partial charge in [-0.1, -0.05) is 5.21 Å². The molecule has 0 unspecified atom stereocenters. The molecule has 132 valence electrons. The van der Waals surface area contributed by atoms with E-state index in [1.54, 1.807) is 0 Å². The van der Waals surface area contributed by atoms with Crippen LogP contribution in [0.15, 0.2) is 55.0 Å². The first kappa shape index (κ1) is 17.3. The molecule has 7 nitrogen and oxygen atoms in total. The summed E-state index contributed by atoms with van der Waals surface area (Å²) >= 11 is 0. The van der Waals surface area contributed by atoms with E-state index in [4.69, 9.17) is 0 Å². The van der Waals surface area contributed by atoms with E-state index >= 15 is 0 Å². The number of amides is 1. The number of carbonyl (C=O) groups is 2. The third-order valence-corrected chi connectivity index (χ3v) is 3.33. The van der Waals surface area contributed by atoms with E-state index in [0.717, 1.165) is 12.1 Å². The molecular formula is C16H10F3N5O2. The largest absolute Gasteiger partial charge is 0.454 e. The first-order valence-electron chi connectivity index (χ1n) is 7.20. The molecule has 3 aromatic rings. The van der Waals surface area contributed by atoms with Gasteiger partial charge < -0.3 is 5.32 Å². The van der Waals surface area contributed by atoms with Crippen LogP contribution in [0.3, 0.4) is 0 Å². The van der Waals surface area contributed by atoms with Crippen molar-refractivity contribution in [1.29, 1.82) is 0 Å². The molecule has 2 heterocycles. The highest BCUT2D eigenvalue weighted by Gasteiger charge is 2.39. The van der Waals surface area contributed by atoms with E-state index in [2.05, 4.69) is 20.6 Å². The van der Waals surface area contributed by atoms with Crippen LogP contribution in [-0.2, 0) is 0 Å². The van der Waals surface area contributed by atoms with Crippen molar-refractivity contribution in [2.75, 3.05) is 5.32 Å². The van der Waals surface area contributed by atoms with Crippen LogP contribution in [0, 0.1) is 0 Å². The summed E-state index contributed by atoms with van der Waals surface area (Å²) < 4.78 is 38.5. The number of carbonyl (C=O) groups excluding carboxylic acids is 2. The van der Waals surface area contributed by atoms with Crippen molar-refractivity contribution in [3.05, 3.63) is 66.1 Å². The number of halogens is 3. The number of hydrogen-bond acceptors (Lipinski definition) is 5. The van der Waals surface area contributed by atoms with Crippen LogP contribution in [0.4, 0.5) is 19.0 Å². The molecule has 1 amide bonds. The first-order valence-corrected chi connectivity index (χ1v) is 7.20. The number of ketones is 1. The quantitative estimate of drug-likeness (QED) is 0.722. The fourth-order valence-electron chi connectivity index (χ4n) is 2.07.